The molecule has 3 aliphatic heterocycles. The van der Waals surface area contributed by atoms with Crippen LogP contribution in [0.4, 0.5) is 0 Å². The number of hydrogen-bond donors (Lipinski definition) is 1. The van der Waals surface area contributed by atoms with Crippen LogP contribution in [0.1, 0.15) is 38.5 Å². The molecule has 0 aromatic rings. The number of ether oxygens (including phenoxy) is 2. The van der Waals surface area contributed by atoms with Gasteiger partial charge >= 0.3 is 0 Å². The Kier molecular flexibility index (Phi) is 4.42. The van der Waals surface area contributed by atoms with Crippen molar-refractivity contribution < 1.29 is 9.47 Å². The van der Waals surface area contributed by atoms with E-state index in [1.807, 2.05) is 0 Å². The van der Waals surface area contributed by atoms with Crippen molar-refractivity contribution in [3.05, 3.63) is 0 Å². The van der Waals surface area contributed by atoms with E-state index in [1.54, 1.807) is 0 Å². The summed E-state index contributed by atoms with van der Waals surface area (Å²) in [6.07, 6.45) is 7.15. The molecule has 0 saturated carbocycles. The second-order valence-corrected chi connectivity index (χ2v) is 6.51. The van der Waals surface area contributed by atoms with Gasteiger partial charge in [0, 0.05) is 25.9 Å². The van der Waals surface area contributed by atoms with Gasteiger partial charge in [0.25, 0.3) is 0 Å². The topological polar surface area (TPSA) is 47.7 Å². The van der Waals surface area contributed by atoms with E-state index in [1.165, 1.54) is 38.8 Å². The Balaban J connectivity index is 1.56. The first kappa shape index (κ1) is 13.8. The highest BCUT2D eigenvalue weighted by Gasteiger charge is 2.41. The lowest BCUT2D eigenvalue weighted by Gasteiger charge is -2.47. The summed E-state index contributed by atoms with van der Waals surface area (Å²) < 4.78 is 11.6. The van der Waals surface area contributed by atoms with Crippen LogP contribution in [0.15, 0.2) is 0 Å². The minimum Gasteiger partial charge on any atom is -0.381 e. The maximum Gasteiger partial charge on any atom is 0.0741 e. The third-order valence-electron chi connectivity index (χ3n) is 5.37. The van der Waals surface area contributed by atoms with Gasteiger partial charge in [-0.05, 0) is 64.1 Å². The second kappa shape index (κ2) is 6.08. The van der Waals surface area contributed by atoms with Crippen molar-refractivity contribution in [1.29, 1.82) is 0 Å². The Morgan fingerprint density at radius 3 is 2.47 bits per heavy atom. The zero-order chi connectivity index (χ0) is 13.1. The van der Waals surface area contributed by atoms with Gasteiger partial charge in [-0.15, -0.1) is 0 Å². The fourth-order valence-corrected chi connectivity index (χ4v) is 3.96. The molecule has 0 bridgehead atoms. The van der Waals surface area contributed by atoms with E-state index in [0.29, 0.717) is 0 Å². The number of likely N-dealkylation sites (tertiary alicyclic amines) is 1. The molecule has 3 fully saturated rings. The van der Waals surface area contributed by atoms with Gasteiger partial charge in [0.2, 0.25) is 0 Å². The molecule has 4 heteroatoms. The molecule has 3 heterocycles. The molecule has 3 rings (SSSR count). The standard InChI is InChI=1S/C15H28N2O2/c16-12-13-1-6-17(7-2-13)14-3-8-19-15(11-14)4-9-18-10-5-15/h13-14H,1-12,16H2. The lowest BCUT2D eigenvalue weighted by Crippen LogP contribution is -2.52. The monoisotopic (exact) mass is 268 g/mol. The first-order valence-corrected chi connectivity index (χ1v) is 7.97. The second-order valence-electron chi connectivity index (χ2n) is 6.51. The van der Waals surface area contributed by atoms with Crippen molar-refractivity contribution in [2.75, 3.05) is 39.5 Å². The Morgan fingerprint density at radius 2 is 1.79 bits per heavy atom. The zero-order valence-electron chi connectivity index (χ0n) is 12.0. The number of nitrogens with zero attached hydrogens (tertiary/aromatic N) is 1. The summed E-state index contributed by atoms with van der Waals surface area (Å²) in [4.78, 5) is 2.70. The molecule has 110 valence electrons. The van der Waals surface area contributed by atoms with E-state index in [4.69, 9.17) is 15.2 Å². The summed E-state index contributed by atoms with van der Waals surface area (Å²) >= 11 is 0. The third kappa shape index (κ3) is 3.13. The van der Waals surface area contributed by atoms with Crippen molar-refractivity contribution in [1.82, 2.24) is 4.90 Å². The molecule has 1 unspecified atom stereocenters. The number of rotatable bonds is 2. The van der Waals surface area contributed by atoms with Crippen LogP contribution in [0.5, 0.6) is 0 Å². The van der Waals surface area contributed by atoms with E-state index in [9.17, 15) is 0 Å². The SMILES string of the molecule is NCC1CCN(C2CCOC3(CCOCC3)C2)CC1. The number of piperidine rings is 1. The van der Waals surface area contributed by atoms with Crippen LogP contribution in [0.3, 0.4) is 0 Å². The molecule has 0 aromatic heterocycles. The molecular weight excluding hydrogens is 240 g/mol. The average Bonchev–Trinajstić information content (AvgIpc) is 2.48. The molecular formula is C15H28N2O2. The van der Waals surface area contributed by atoms with Gasteiger partial charge in [-0.2, -0.15) is 0 Å². The Labute approximate surface area is 116 Å². The molecule has 4 nitrogen and oxygen atoms in total. The molecule has 19 heavy (non-hydrogen) atoms. The molecule has 0 radical (unpaired) electrons. The Hall–Kier alpha value is -0.160. The summed E-state index contributed by atoms with van der Waals surface area (Å²) in [5.74, 6) is 0.758. The molecule has 3 aliphatic rings. The predicted molar refractivity (Wildman–Crippen MR) is 75.1 cm³/mol. The van der Waals surface area contributed by atoms with Gasteiger partial charge in [-0.25, -0.2) is 0 Å². The lowest BCUT2D eigenvalue weighted by atomic mass is 9.82. The van der Waals surface area contributed by atoms with Crippen molar-refractivity contribution >= 4 is 0 Å². The highest BCUT2D eigenvalue weighted by Crippen LogP contribution is 2.36. The zero-order valence-corrected chi connectivity index (χ0v) is 12.0. The van der Waals surface area contributed by atoms with Crippen molar-refractivity contribution in [3.63, 3.8) is 0 Å². The molecule has 1 atom stereocenters. The van der Waals surface area contributed by atoms with E-state index < -0.39 is 0 Å². The van der Waals surface area contributed by atoms with Crippen LogP contribution < -0.4 is 5.73 Å². The molecule has 2 N–H and O–H groups in total. The normalized spacial score (nSPS) is 33.6. The summed E-state index contributed by atoms with van der Waals surface area (Å²) in [6, 6.07) is 0.727. The quantitative estimate of drug-likeness (QED) is 0.822. The summed E-state index contributed by atoms with van der Waals surface area (Å²) in [7, 11) is 0. The van der Waals surface area contributed by atoms with Gasteiger partial charge < -0.3 is 20.1 Å². The smallest absolute Gasteiger partial charge is 0.0741 e. The van der Waals surface area contributed by atoms with E-state index in [2.05, 4.69) is 4.90 Å². The molecule has 0 amide bonds. The third-order valence-corrected chi connectivity index (χ3v) is 5.37. The Bertz CT molecular complexity index is 278. The van der Waals surface area contributed by atoms with Gasteiger partial charge in [0.1, 0.15) is 0 Å². The summed E-state index contributed by atoms with van der Waals surface area (Å²) in [6.45, 7) is 6.02. The predicted octanol–water partition coefficient (Wildman–Crippen LogP) is 1.39. The lowest BCUT2D eigenvalue weighted by molar-refractivity contribution is -0.152. The minimum atomic E-state index is 0.131. The van der Waals surface area contributed by atoms with Crippen LogP contribution in [0, 0.1) is 5.92 Å². The van der Waals surface area contributed by atoms with Gasteiger partial charge in [-0.3, -0.25) is 0 Å². The minimum absolute atomic E-state index is 0.131. The first-order chi connectivity index (χ1) is 9.31. The van der Waals surface area contributed by atoms with Crippen LogP contribution in [0.2, 0.25) is 0 Å². The van der Waals surface area contributed by atoms with Crippen LogP contribution in [0.25, 0.3) is 0 Å². The van der Waals surface area contributed by atoms with Crippen LogP contribution in [-0.2, 0) is 9.47 Å². The highest BCUT2D eigenvalue weighted by atomic mass is 16.5. The van der Waals surface area contributed by atoms with Crippen molar-refractivity contribution in [2.24, 2.45) is 11.7 Å². The van der Waals surface area contributed by atoms with E-state index in [-0.39, 0.29) is 5.60 Å². The molecule has 0 aromatic carbocycles. The Morgan fingerprint density at radius 1 is 1.05 bits per heavy atom. The van der Waals surface area contributed by atoms with Gasteiger partial charge in [-0.1, -0.05) is 0 Å². The van der Waals surface area contributed by atoms with Crippen molar-refractivity contribution in [2.45, 2.75) is 50.2 Å². The fourth-order valence-electron chi connectivity index (χ4n) is 3.96. The maximum absolute atomic E-state index is 6.14. The highest BCUT2D eigenvalue weighted by molar-refractivity contribution is 4.93. The maximum atomic E-state index is 6.14. The first-order valence-electron chi connectivity index (χ1n) is 7.97. The fraction of sp³-hybridized carbons (Fsp3) is 1.00. The van der Waals surface area contributed by atoms with E-state index in [0.717, 1.165) is 51.2 Å². The summed E-state index contributed by atoms with van der Waals surface area (Å²) in [5.41, 5.74) is 5.92. The molecule has 3 saturated heterocycles. The molecule has 0 aliphatic carbocycles. The molecule has 1 spiro atoms. The van der Waals surface area contributed by atoms with Gasteiger partial charge in [0.15, 0.2) is 0 Å². The number of hydrogen-bond acceptors (Lipinski definition) is 4. The largest absolute Gasteiger partial charge is 0.381 e. The van der Waals surface area contributed by atoms with E-state index >= 15 is 0 Å². The van der Waals surface area contributed by atoms with Crippen LogP contribution >= 0.6 is 0 Å². The summed E-state index contributed by atoms with van der Waals surface area (Å²) in [5, 5.41) is 0. The van der Waals surface area contributed by atoms with Gasteiger partial charge in [0.05, 0.1) is 5.60 Å². The average molecular weight is 268 g/mol. The van der Waals surface area contributed by atoms with Crippen molar-refractivity contribution in [3.8, 4) is 0 Å². The van der Waals surface area contributed by atoms with Crippen LogP contribution in [-0.4, -0.2) is 56.0 Å². The number of nitrogens with two attached hydrogens (primary N) is 1.